The molecular weight excluding hydrogens is 304 g/mol. The maximum atomic E-state index is 11.8. The largest absolute Gasteiger partial charge is 0.330 e. The van der Waals surface area contributed by atoms with Crippen molar-refractivity contribution < 1.29 is 8.42 Å². The number of sulfonamides is 1. The van der Waals surface area contributed by atoms with E-state index in [-0.39, 0.29) is 5.75 Å². The molecule has 0 heterocycles. The number of rotatable bonds is 6. The second kappa shape index (κ2) is 6.37. The molecule has 0 aliphatic heterocycles. The molecule has 1 aromatic carbocycles. The quantitative estimate of drug-likeness (QED) is 0.789. The highest BCUT2D eigenvalue weighted by molar-refractivity contribution is 9.10. The van der Waals surface area contributed by atoms with Gasteiger partial charge in [-0.15, -0.1) is 0 Å². The van der Waals surface area contributed by atoms with Crippen LogP contribution in [0.15, 0.2) is 22.7 Å². The number of nitrogens with one attached hydrogen (secondary N) is 1. The first-order chi connectivity index (χ1) is 7.94. The van der Waals surface area contributed by atoms with Crippen molar-refractivity contribution in [2.75, 3.05) is 17.0 Å². The number of hydrogen-bond donors (Lipinski definition) is 2. The van der Waals surface area contributed by atoms with E-state index in [1.807, 2.05) is 19.1 Å². The van der Waals surface area contributed by atoms with Gasteiger partial charge < -0.3 is 5.73 Å². The molecule has 6 heteroatoms. The Hall–Kier alpha value is -0.590. The van der Waals surface area contributed by atoms with E-state index >= 15 is 0 Å². The van der Waals surface area contributed by atoms with Crippen molar-refractivity contribution in [3.05, 3.63) is 28.2 Å². The second-order valence-corrected chi connectivity index (χ2v) is 6.60. The van der Waals surface area contributed by atoms with Crippen molar-refractivity contribution in [2.24, 2.45) is 5.73 Å². The summed E-state index contributed by atoms with van der Waals surface area (Å²) in [6, 6.07) is 5.54. The molecule has 0 aliphatic carbocycles. The second-order valence-electron chi connectivity index (χ2n) is 3.90. The van der Waals surface area contributed by atoms with Crippen molar-refractivity contribution in [2.45, 2.75) is 19.8 Å². The predicted octanol–water partition coefficient (Wildman–Crippen LogP) is 2.24. The van der Waals surface area contributed by atoms with Gasteiger partial charge in [-0.2, -0.15) is 0 Å². The number of anilines is 1. The van der Waals surface area contributed by atoms with E-state index in [0.29, 0.717) is 18.7 Å². The van der Waals surface area contributed by atoms with Crippen molar-refractivity contribution in [1.29, 1.82) is 0 Å². The molecule has 0 saturated carbocycles. The number of unbranched alkanes of at least 4 members (excludes halogenated alkanes) is 1. The van der Waals surface area contributed by atoms with Crippen LogP contribution >= 0.6 is 15.9 Å². The molecule has 0 amide bonds. The van der Waals surface area contributed by atoms with Crippen LogP contribution < -0.4 is 10.5 Å². The van der Waals surface area contributed by atoms with E-state index in [2.05, 4.69) is 20.7 Å². The van der Waals surface area contributed by atoms with E-state index in [1.165, 1.54) is 0 Å². The average Bonchev–Trinajstić information content (AvgIpc) is 2.23. The third kappa shape index (κ3) is 5.06. The fraction of sp³-hybridized carbons (Fsp3) is 0.455. The fourth-order valence-corrected chi connectivity index (χ4v) is 3.04. The molecule has 0 spiro atoms. The zero-order chi connectivity index (χ0) is 12.9. The van der Waals surface area contributed by atoms with E-state index in [9.17, 15) is 8.42 Å². The molecule has 4 nitrogen and oxygen atoms in total. The molecule has 0 bridgehead atoms. The number of aryl methyl sites for hydroxylation is 1. The lowest BCUT2D eigenvalue weighted by molar-refractivity contribution is 0.597. The van der Waals surface area contributed by atoms with Gasteiger partial charge in [0.1, 0.15) is 0 Å². The summed E-state index contributed by atoms with van der Waals surface area (Å²) in [6.07, 6.45) is 1.30. The summed E-state index contributed by atoms with van der Waals surface area (Å²) in [4.78, 5) is 0. The fourth-order valence-electron chi connectivity index (χ4n) is 1.37. The Morgan fingerprint density at radius 3 is 2.71 bits per heavy atom. The minimum absolute atomic E-state index is 0.102. The van der Waals surface area contributed by atoms with Crippen LogP contribution in [0, 0.1) is 6.92 Å². The van der Waals surface area contributed by atoms with E-state index in [1.54, 1.807) is 6.07 Å². The van der Waals surface area contributed by atoms with E-state index in [4.69, 9.17) is 5.73 Å². The van der Waals surface area contributed by atoms with Gasteiger partial charge in [0, 0.05) is 4.47 Å². The number of halogens is 1. The van der Waals surface area contributed by atoms with Gasteiger partial charge in [-0.1, -0.05) is 6.07 Å². The molecule has 0 saturated heterocycles. The summed E-state index contributed by atoms with van der Waals surface area (Å²) in [5.41, 5.74) is 6.92. The van der Waals surface area contributed by atoms with Gasteiger partial charge in [-0.05, 0) is 59.9 Å². The Morgan fingerprint density at radius 2 is 2.06 bits per heavy atom. The van der Waals surface area contributed by atoms with Gasteiger partial charge in [-0.3, -0.25) is 4.72 Å². The Balaban J connectivity index is 2.72. The normalized spacial score (nSPS) is 11.5. The zero-order valence-electron chi connectivity index (χ0n) is 9.74. The molecule has 96 valence electrons. The van der Waals surface area contributed by atoms with Crippen LogP contribution in [0.5, 0.6) is 0 Å². The molecule has 3 N–H and O–H groups in total. The van der Waals surface area contributed by atoms with Gasteiger partial charge in [0.15, 0.2) is 0 Å². The van der Waals surface area contributed by atoms with Crippen LogP contribution in [-0.4, -0.2) is 20.7 Å². The van der Waals surface area contributed by atoms with E-state index in [0.717, 1.165) is 16.5 Å². The topological polar surface area (TPSA) is 72.2 Å². The van der Waals surface area contributed by atoms with Gasteiger partial charge in [0.2, 0.25) is 10.0 Å². The third-order valence-electron chi connectivity index (χ3n) is 2.25. The Kier molecular flexibility index (Phi) is 5.42. The Labute approximate surface area is 111 Å². The van der Waals surface area contributed by atoms with Crippen LogP contribution in [0.4, 0.5) is 5.69 Å². The van der Waals surface area contributed by atoms with Crippen LogP contribution in [0.2, 0.25) is 0 Å². The molecule has 0 unspecified atom stereocenters. The molecule has 0 fully saturated rings. The van der Waals surface area contributed by atoms with Gasteiger partial charge in [-0.25, -0.2) is 8.42 Å². The van der Waals surface area contributed by atoms with Gasteiger partial charge in [0.05, 0.1) is 11.4 Å². The lowest BCUT2D eigenvalue weighted by atomic mass is 10.2. The summed E-state index contributed by atoms with van der Waals surface area (Å²) in [7, 11) is -3.28. The molecule has 1 rings (SSSR count). The molecular formula is C11H17BrN2O2S. The third-order valence-corrected chi connectivity index (χ3v) is 4.30. The standard InChI is InChI=1S/C11H17BrN2O2S/c1-9-4-5-10(12)11(8-9)14-17(15,16)7-3-2-6-13/h4-5,8,14H,2-3,6-7,13H2,1H3. The zero-order valence-corrected chi connectivity index (χ0v) is 12.1. The van der Waals surface area contributed by atoms with Gasteiger partial charge in [0.25, 0.3) is 0 Å². The van der Waals surface area contributed by atoms with Crippen molar-refractivity contribution in [3.8, 4) is 0 Å². The van der Waals surface area contributed by atoms with Gasteiger partial charge >= 0.3 is 0 Å². The highest BCUT2D eigenvalue weighted by atomic mass is 79.9. The van der Waals surface area contributed by atoms with Crippen LogP contribution in [0.1, 0.15) is 18.4 Å². The van der Waals surface area contributed by atoms with E-state index < -0.39 is 10.0 Å². The maximum Gasteiger partial charge on any atom is 0.232 e. The number of benzene rings is 1. The monoisotopic (exact) mass is 320 g/mol. The summed E-state index contributed by atoms with van der Waals surface area (Å²) < 4.78 is 26.8. The van der Waals surface area contributed by atoms with Crippen LogP contribution in [0.3, 0.4) is 0 Å². The molecule has 17 heavy (non-hydrogen) atoms. The molecule has 1 aromatic rings. The van der Waals surface area contributed by atoms with Crippen molar-refractivity contribution in [3.63, 3.8) is 0 Å². The Morgan fingerprint density at radius 1 is 1.35 bits per heavy atom. The SMILES string of the molecule is Cc1ccc(Br)c(NS(=O)(=O)CCCCN)c1. The highest BCUT2D eigenvalue weighted by Crippen LogP contribution is 2.24. The maximum absolute atomic E-state index is 11.8. The lowest BCUT2D eigenvalue weighted by Crippen LogP contribution is -2.17. The first kappa shape index (κ1) is 14.5. The van der Waals surface area contributed by atoms with Crippen molar-refractivity contribution >= 4 is 31.6 Å². The minimum atomic E-state index is -3.28. The summed E-state index contributed by atoms with van der Waals surface area (Å²) in [5.74, 6) is 0.102. The highest BCUT2D eigenvalue weighted by Gasteiger charge is 2.11. The molecule has 0 radical (unpaired) electrons. The summed E-state index contributed by atoms with van der Waals surface area (Å²) in [6.45, 7) is 2.43. The van der Waals surface area contributed by atoms with Crippen LogP contribution in [-0.2, 0) is 10.0 Å². The van der Waals surface area contributed by atoms with Crippen molar-refractivity contribution in [1.82, 2.24) is 0 Å². The summed E-state index contributed by atoms with van der Waals surface area (Å²) >= 11 is 3.32. The smallest absolute Gasteiger partial charge is 0.232 e. The van der Waals surface area contributed by atoms with Crippen LogP contribution in [0.25, 0.3) is 0 Å². The lowest BCUT2D eigenvalue weighted by Gasteiger charge is -2.10. The number of nitrogens with two attached hydrogens (primary N) is 1. The molecule has 0 atom stereocenters. The first-order valence-electron chi connectivity index (χ1n) is 5.41. The Bertz CT molecular complexity index is 474. The minimum Gasteiger partial charge on any atom is -0.330 e. The average molecular weight is 321 g/mol. The molecule has 0 aliphatic rings. The molecule has 0 aromatic heterocycles. The predicted molar refractivity (Wildman–Crippen MR) is 74.6 cm³/mol. The number of hydrogen-bond acceptors (Lipinski definition) is 3. The first-order valence-corrected chi connectivity index (χ1v) is 7.86. The summed E-state index contributed by atoms with van der Waals surface area (Å²) in [5, 5.41) is 0.